The highest BCUT2D eigenvalue weighted by molar-refractivity contribution is 8.13. The fourth-order valence-electron chi connectivity index (χ4n) is 0.946. The minimum absolute atomic E-state index is 0.290. The Morgan fingerprint density at radius 1 is 1.72 bits per heavy atom. The molecule has 0 aromatic carbocycles. The van der Waals surface area contributed by atoms with Crippen LogP contribution in [0.15, 0.2) is 39.3 Å². The second-order valence-electron chi connectivity index (χ2n) is 2.93. The van der Waals surface area contributed by atoms with Gasteiger partial charge < -0.3 is 4.42 Å². The maximum atomic E-state index is 10.4. The van der Waals surface area contributed by atoms with Crippen molar-refractivity contribution in [3.8, 4) is 0 Å². The summed E-state index contributed by atoms with van der Waals surface area (Å²) in [6.45, 7) is 3.59. The van der Waals surface area contributed by atoms with E-state index >= 15 is 0 Å². The van der Waals surface area contributed by atoms with E-state index in [0.717, 1.165) is 0 Å². The smallest absolute Gasteiger partial charge is 0.400 e. The molecule has 0 unspecified atom stereocenters. The van der Waals surface area contributed by atoms with E-state index in [2.05, 4.69) is 22.1 Å². The first-order valence-corrected chi connectivity index (χ1v) is 5.89. The van der Waals surface area contributed by atoms with Gasteiger partial charge in [-0.3, -0.25) is 20.5 Å². The first-order valence-electron chi connectivity index (χ1n) is 4.91. The lowest BCUT2D eigenvalue weighted by Crippen LogP contribution is -2.14. The largest absolute Gasteiger partial charge is 0.433 e. The quantitative estimate of drug-likeness (QED) is 0.290. The molecular weight excluding hydrogens is 256 g/mol. The van der Waals surface area contributed by atoms with Crippen molar-refractivity contribution in [1.29, 1.82) is 0 Å². The van der Waals surface area contributed by atoms with Gasteiger partial charge in [0.15, 0.2) is 10.9 Å². The molecule has 0 atom stereocenters. The normalized spacial score (nSPS) is 11.7. The molecule has 0 aliphatic rings. The van der Waals surface area contributed by atoms with Gasteiger partial charge in [-0.1, -0.05) is 17.8 Å². The van der Waals surface area contributed by atoms with Crippen molar-refractivity contribution >= 4 is 29.0 Å². The van der Waals surface area contributed by atoms with Crippen LogP contribution >= 0.6 is 11.8 Å². The van der Waals surface area contributed by atoms with E-state index in [1.54, 1.807) is 13.1 Å². The summed E-state index contributed by atoms with van der Waals surface area (Å²) in [6.07, 6.45) is 3.09. The average Bonchev–Trinajstić information content (AvgIpc) is 2.82. The van der Waals surface area contributed by atoms with Crippen molar-refractivity contribution < 1.29 is 9.34 Å². The van der Waals surface area contributed by atoms with E-state index in [4.69, 9.17) is 4.42 Å². The Kier molecular flexibility index (Phi) is 5.65. The summed E-state index contributed by atoms with van der Waals surface area (Å²) in [6, 6.07) is 2.73. The molecule has 18 heavy (non-hydrogen) atoms. The third-order valence-corrected chi connectivity index (χ3v) is 2.64. The van der Waals surface area contributed by atoms with E-state index in [1.807, 2.05) is 0 Å². The molecule has 1 rings (SSSR count). The van der Waals surface area contributed by atoms with Crippen LogP contribution in [0.5, 0.6) is 0 Å². The lowest BCUT2D eigenvalue weighted by Gasteiger charge is -2.00. The third kappa shape index (κ3) is 4.42. The summed E-state index contributed by atoms with van der Waals surface area (Å²) in [4.78, 5) is 13.7. The van der Waals surface area contributed by atoms with Crippen molar-refractivity contribution in [2.45, 2.75) is 0 Å². The molecular formula is C10H12N4O3S. The molecule has 96 valence electrons. The van der Waals surface area contributed by atoms with Crippen LogP contribution in [0.1, 0.15) is 5.76 Å². The van der Waals surface area contributed by atoms with Crippen molar-refractivity contribution in [2.24, 2.45) is 10.1 Å². The second-order valence-corrected chi connectivity index (χ2v) is 3.94. The zero-order valence-corrected chi connectivity index (χ0v) is 10.5. The molecule has 0 aliphatic carbocycles. The fraction of sp³-hybridized carbons (Fsp3) is 0.200. The Balaban J connectivity index is 2.53. The van der Waals surface area contributed by atoms with Crippen molar-refractivity contribution in [3.05, 3.63) is 40.7 Å². The summed E-state index contributed by atoms with van der Waals surface area (Å²) in [5, 5.41) is 14.9. The van der Waals surface area contributed by atoms with Crippen LogP contribution < -0.4 is 5.43 Å². The van der Waals surface area contributed by atoms with Crippen LogP contribution in [0.2, 0.25) is 0 Å². The average molecular weight is 268 g/mol. The maximum absolute atomic E-state index is 10.4. The van der Waals surface area contributed by atoms with Crippen molar-refractivity contribution in [3.63, 3.8) is 0 Å². The Bertz CT molecular complexity index is 481. The Hall–Kier alpha value is -2.09. The van der Waals surface area contributed by atoms with Crippen LogP contribution in [0, 0.1) is 10.1 Å². The number of hydrogen-bond acceptors (Lipinski definition) is 6. The van der Waals surface area contributed by atoms with Crippen LogP contribution in [-0.2, 0) is 0 Å². The highest BCUT2D eigenvalue weighted by Gasteiger charge is 2.10. The zero-order chi connectivity index (χ0) is 13.4. The number of furan rings is 1. The van der Waals surface area contributed by atoms with Gasteiger partial charge in [-0.2, -0.15) is 5.10 Å². The lowest BCUT2D eigenvalue weighted by atomic mass is 10.5. The van der Waals surface area contributed by atoms with Gasteiger partial charge in [0.1, 0.15) is 4.92 Å². The van der Waals surface area contributed by atoms with Crippen LogP contribution in [-0.4, -0.2) is 29.1 Å². The van der Waals surface area contributed by atoms with Gasteiger partial charge in [0.05, 0.1) is 12.3 Å². The summed E-state index contributed by atoms with van der Waals surface area (Å²) < 4.78 is 4.89. The summed E-state index contributed by atoms with van der Waals surface area (Å²) >= 11 is 1.44. The predicted molar refractivity (Wildman–Crippen MR) is 72.1 cm³/mol. The van der Waals surface area contributed by atoms with E-state index in [-0.39, 0.29) is 5.88 Å². The molecule has 0 amide bonds. The monoisotopic (exact) mass is 268 g/mol. The zero-order valence-electron chi connectivity index (χ0n) is 9.70. The molecule has 1 heterocycles. The van der Waals surface area contributed by atoms with Gasteiger partial charge in [0, 0.05) is 12.8 Å². The number of nitrogens with one attached hydrogen (secondary N) is 1. The number of aliphatic imine (C=N–C) groups is 1. The number of rotatable bonds is 5. The fourth-order valence-corrected chi connectivity index (χ4v) is 1.47. The molecule has 8 heteroatoms. The lowest BCUT2D eigenvalue weighted by molar-refractivity contribution is -0.402. The van der Waals surface area contributed by atoms with Gasteiger partial charge >= 0.3 is 5.88 Å². The predicted octanol–water partition coefficient (Wildman–Crippen LogP) is 2.02. The summed E-state index contributed by atoms with van der Waals surface area (Å²) in [5.41, 5.74) is 2.70. The van der Waals surface area contributed by atoms with Gasteiger partial charge in [0.25, 0.3) is 0 Å². The third-order valence-electron chi connectivity index (χ3n) is 1.69. The highest BCUT2D eigenvalue weighted by atomic mass is 32.2. The molecule has 0 saturated heterocycles. The highest BCUT2D eigenvalue weighted by Crippen LogP contribution is 2.13. The maximum Gasteiger partial charge on any atom is 0.433 e. The molecule has 7 nitrogen and oxygen atoms in total. The van der Waals surface area contributed by atoms with Gasteiger partial charge in [0.2, 0.25) is 0 Å². The van der Waals surface area contributed by atoms with E-state index in [0.29, 0.717) is 16.7 Å². The van der Waals surface area contributed by atoms with E-state index in [1.165, 1.54) is 30.1 Å². The van der Waals surface area contributed by atoms with Crippen molar-refractivity contribution in [1.82, 2.24) is 5.43 Å². The Labute approximate surface area is 108 Å². The Morgan fingerprint density at radius 3 is 3.06 bits per heavy atom. The minimum Gasteiger partial charge on any atom is -0.400 e. The molecule has 1 aromatic rings. The molecule has 0 fully saturated rings. The number of amidine groups is 1. The van der Waals surface area contributed by atoms with Gasteiger partial charge in [-0.05, 0) is 6.07 Å². The first-order chi connectivity index (χ1) is 8.67. The number of thioether (sulfide) groups is 1. The summed E-state index contributed by atoms with van der Waals surface area (Å²) in [5.74, 6) is 0.682. The minimum atomic E-state index is -0.608. The molecule has 1 aromatic heterocycles. The standard InChI is InChI=1S/C10H12N4O3S/c1-3-6-18-10(11-2)13-12-7-8-4-5-9(17-8)14(15)16/h3-5,7H,1,6H2,2H3,(H,11,13)/b12-7+. The number of hydrazone groups is 1. The van der Waals surface area contributed by atoms with Crippen LogP contribution in [0.25, 0.3) is 0 Å². The molecule has 0 aliphatic heterocycles. The van der Waals surface area contributed by atoms with Crippen molar-refractivity contribution in [2.75, 3.05) is 12.8 Å². The Morgan fingerprint density at radius 2 is 2.50 bits per heavy atom. The van der Waals surface area contributed by atoms with Gasteiger partial charge in [-0.25, -0.2) is 0 Å². The number of hydrogen-bond donors (Lipinski definition) is 1. The number of nitro groups is 1. The first kappa shape index (κ1) is 14.0. The van der Waals surface area contributed by atoms with Gasteiger partial charge in [-0.15, -0.1) is 6.58 Å². The topological polar surface area (TPSA) is 93.0 Å². The molecule has 0 saturated carbocycles. The van der Waals surface area contributed by atoms with E-state index in [9.17, 15) is 10.1 Å². The van der Waals surface area contributed by atoms with E-state index < -0.39 is 4.92 Å². The summed E-state index contributed by atoms with van der Waals surface area (Å²) in [7, 11) is 1.63. The van der Waals surface area contributed by atoms with Crippen LogP contribution in [0.3, 0.4) is 0 Å². The second kappa shape index (κ2) is 7.28. The molecule has 1 N–H and O–H groups in total. The molecule has 0 bridgehead atoms. The molecule has 0 spiro atoms. The van der Waals surface area contributed by atoms with Crippen LogP contribution in [0.4, 0.5) is 5.88 Å². The number of nitrogens with zero attached hydrogens (tertiary/aromatic N) is 3. The SMILES string of the molecule is C=CCSC(=NC)N/N=C/c1ccc([N+](=O)[O-])o1. The molecule has 0 radical (unpaired) electrons.